The summed E-state index contributed by atoms with van der Waals surface area (Å²) in [5.74, 6) is 0. The first-order chi connectivity index (χ1) is 8.40. The van der Waals surface area contributed by atoms with Crippen LogP contribution < -0.4 is 5.73 Å². The summed E-state index contributed by atoms with van der Waals surface area (Å²) in [6, 6.07) is 6.72. The molecule has 1 heterocycles. The lowest BCUT2D eigenvalue weighted by Crippen LogP contribution is -2.42. The molecule has 1 fully saturated rings. The number of nitrogens with zero attached hydrogens (tertiary/aromatic N) is 1. The van der Waals surface area contributed by atoms with Crippen molar-refractivity contribution in [3.8, 4) is 0 Å². The fourth-order valence-electron chi connectivity index (χ4n) is 2.84. The SMILES string of the molecule is Cc1ccc(C(N)CN2CCCC2(C)C)cc1C. The first-order valence-electron chi connectivity index (χ1n) is 6.98. The minimum atomic E-state index is 0.127. The number of hydrogen-bond donors (Lipinski definition) is 1. The van der Waals surface area contributed by atoms with E-state index < -0.39 is 0 Å². The summed E-state index contributed by atoms with van der Waals surface area (Å²) < 4.78 is 0. The van der Waals surface area contributed by atoms with Crippen molar-refractivity contribution in [1.82, 2.24) is 4.90 Å². The average Bonchev–Trinajstić information content (AvgIpc) is 2.62. The van der Waals surface area contributed by atoms with Gasteiger partial charge in [-0.1, -0.05) is 18.2 Å². The van der Waals surface area contributed by atoms with E-state index in [1.165, 1.54) is 36.1 Å². The van der Waals surface area contributed by atoms with Gasteiger partial charge >= 0.3 is 0 Å². The molecule has 1 aromatic carbocycles. The van der Waals surface area contributed by atoms with Crippen LogP contribution in [0.3, 0.4) is 0 Å². The summed E-state index contributed by atoms with van der Waals surface area (Å²) >= 11 is 0. The van der Waals surface area contributed by atoms with Crippen LogP contribution in [0.1, 0.15) is 49.4 Å². The molecule has 0 radical (unpaired) electrons. The minimum Gasteiger partial charge on any atom is -0.323 e. The molecule has 1 aliphatic heterocycles. The van der Waals surface area contributed by atoms with Crippen molar-refractivity contribution in [2.24, 2.45) is 5.73 Å². The van der Waals surface area contributed by atoms with E-state index in [9.17, 15) is 0 Å². The Bertz CT molecular complexity index is 423. The molecule has 100 valence electrons. The van der Waals surface area contributed by atoms with Crippen LogP contribution in [0, 0.1) is 13.8 Å². The van der Waals surface area contributed by atoms with E-state index in [1.807, 2.05) is 0 Å². The molecule has 1 aromatic rings. The summed E-state index contributed by atoms with van der Waals surface area (Å²) in [5, 5.41) is 0. The van der Waals surface area contributed by atoms with Crippen LogP contribution in [0.5, 0.6) is 0 Å². The summed E-state index contributed by atoms with van der Waals surface area (Å²) in [6.45, 7) is 11.1. The molecule has 18 heavy (non-hydrogen) atoms. The van der Waals surface area contributed by atoms with Gasteiger partial charge in [-0.25, -0.2) is 0 Å². The van der Waals surface area contributed by atoms with E-state index in [-0.39, 0.29) is 6.04 Å². The lowest BCUT2D eigenvalue weighted by atomic mass is 9.98. The van der Waals surface area contributed by atoms with Crippen LogP contribution >= 0.6 is 0 Å². The summed E-state index contributed by atoms with van der Waals surface area (Å²) in [6.07, 6.45) is 2.58. The zero-order chi connectivity index (χ0) is 13.3. The van der Waals surface area contributed by atoms with Gasteiger partial charge in [0.05, 0.1) is 0 Å². The monoisotopic (exact) mass is 246 g/mol. The maximum absolute atomic E-state index is 6.37. The van der Waals surface area contributed by atoms with Crippen molar-refractivity contribution >= 4 is 0 Å². The molecule has 0 aliphatic carbocycles. The maximum Gasteiger partial charge on any atom is 0.0424 e. The third-order valence-electron chi connectivity index (χ3n) is 4.45. The fourth-order valence-corrected chi connectivity index (χ4v) is 2.84. The van der Waals surface area contributed by atoms with Gasteiger partial charge in [-0.05, 0) is 63.8 Å². The van der Waals surface area contributed by atoms with Gasteiger partial charge in [-0.2, -0.15) is 0 Å². The number of rotatable bonds is 3. The highest BCUT2D eigenvalue weighted by Crippen LogP contribution is 2.29. The van der Waals surface area contributed by atoms with Crippen LogP contribution in [0.4, 0.5) is 0 Å². The second kappa shape index (κ2) is 5.02. The molecule has 2 N–H and O–H groups in total. The van der Waals surface area contributed by atoms with Gasteiger partial charge in [0.25, 0.3) is 0 Å². The Balaban J connectivity index is 2.07. The predicted molar refractivity (Wildman–Crippen MR) is 77.7 cm³/mol. The molecule has 0 bridgehead atoms. The van der Waals surface area contributed by atoms with Gasteiger partial charge in [0.1, 0.15) is 0 Å². The average molecular weight is 246 g/mol. The smallest absolute Gasteiger partial charge is 0.0424 e. The highest BCUT2D eigenvalue weighted by molar-refractivity contribution is 5.31. The standard InChI is InChI=1S/C16H26N2/c1-12-6-7-14(10-13(12)2)15(17)11-18-9-5-8-16(18,3)4/h6-7,10,15H,5,8-9,11,17H2,1-4H3. The zero-order valence-electron chi connectivity index (χ0n) is 12.2. The van der Waals surface area contributed by atoms with Crippen LogP contribution in [0.25, 0.3) is 0 Å². The highest BCUT2D eigenvalue weighted by atomic mass is 15.2. The number of aryl methyl sites for hydroxylation is 2. The molecule has 0 aromatic heterocycles. The molecule has 1 unspecified atom stereocenters. The predicted octanol–water partition coefficient (Wildman–Crippen LogP) is 3.18. The molecule has 0 saturated carbocycles. The fraction of sp³-hybridized carbons (Fsp3) is 0.625. The normalized spacial score (nSPS) is 21.2. The third-order valence-corrected chi connectivity index (χ3v) is 4.45. The molecule has 0 spiro atoms. The maximum atomic E-state index is 6.37. The second-order valence-electron chi connectivity index (χ2n) is 6.31. The van der Waals surface area contributed by atoms with Crippen molar-refractivity contribution in [1.29, 1.82) is 0 Å². The Hall–Kier alpha value is -0.860. The Kier molecular flexibility index (Phi) is 3.79. The Morgan fingerprint density at radius 1 is 1.28 bits per heavy atom. The van der Waals surface area contributed by atoms with Crippen molar-refractivity contribution in [2.75, 3.05) is 13.1 Å². The number of nitrogens with two attached hydrogens (primary N) is 1. The topological polar surface area (TPSA) is 29.3 Å². The zero-order valence-corrected chi connectivity index (χ0v) is 12.2. The van der Waals surface area contributed by atoms with Gasteiger partial charge in [0.2, 0.25) is 0 Å². The van der Waals surface area contributed by atoms with E-state index in [2.05, 4.69) is 50.8 Å². The van der Waals surface area contributed by atoms with Gasteiger partial charge in [-0.15, -0.1) is 0 Å². The van der Waals surface area contributed by atoms with E-state index in [4.69, 9.17) is 5.73 Å². The van der Waals surface area contributed by atoms with Crippen molar-refractivity contribution < 1.29 is 0 Å². The highest BCUT2D eigenvalue weighted by Gasteiger charge is 2.32. The Morgan fingerprint density at radius 2 is 2.00 bits per heavy atom. The van der Waals surface area contributed by atoms with Crippen molar-refractivity contribution in [3.63, 3.8) is 0 Å². The third kappa shape index (κ3) is 2.76. The molecule has 1 atom stereocenters. The second-order valence-corrected chi connectivity index (χ2v) is 6.31. The van der Waals surface area contributed by atoms with E-state index in [0.717, 1.165) is 6.54 Å². The van der Waals surface area contributed by atoms with Gasteiger partial charge in [0, 0.05) is 18.1 Å². The molecule has 0 amide bonds. The molecular weight excluding hydrogens is 220 g/mol. The van der Waals surface area contributed by atoms with Crippen molar-refractivity contribution in [3.05, 3.63) is 34.9 Å². The number of likely N-dealkylation sites (tertiary alicyclic amines) is 1. The van der Waals surface area contributed by atoms with Crippen LogP contribution in [-0.4, -0.2) is 23.5 Å². The quantitative estimate of drug-likeness (QED) is 0.887. The largest absolute Gasteiger partial charge is 0.323 e. The molecule has 1 aliphatic rings. The Labute approximate surface area is 111 Å². The van der Waals surface area contributed by atoms with Gasteiger partial charge in [0.15, 0.2) is 0 Å². The van der Waals surface area contributed by atoms with Crippen LogP contribution in [-0.2, 0) is 0 Å². The lowest BCUT2D eigenvalue weighted by Gasteiger charge is -2.33. The number of hydrogen-bond acceptors (Lipinski definition) is 2. The van der Waals surface area contributed by atoms with Gasteiger partial charge in [-0.3, -0.25) is 4.90 Å². The molecular formula is C16H26N2. The Morgan fingerprint density at radius 3 is 2.56 bits per heavy atom. The van der Waals surface area contributed by atoms with E-state index in [0.29, 0.717) is 5.54 Å². The van der Waals surface area contributed by atoms with E-state index in [1.54, 1.807) is 0 Å². The van der Waals surface area contributed by atoms with Gasteiger partial charge < -0.3 is 5.73 Å². The number of benzene rings is 1. The van der Waals surface area contributed by atoms with E-state index >= 15 is 0 Å². The minimum absolute atomic E-state index is 0.127. The van der Waals surface area contributed by atoms with Crippen LogP contribution in [0.2, 0.25) is 0 Å². The first kappa shape index (κ1) is 13.6. The first-order valence-corrected chi connectivity index (χ1v) is 6.98. The molecule has 2 heteroatoms. The van der Waals surface area contributed by atoms with Crippen molar-refractivity contribution in [2.45, 2.75) is 52.1 Å². The molecule has 1 saturated heterocycles. The summed E-state index contributed by atoms with van der Waals surface area (Å²) in [5.41, 5.74) is 10.6. The molecule has 2 rings (SSSR count). The summed E-state index contributed by atoms with van der Waals surface area (Å²) in [7, 11) is 0. The lowest BCUT2D eigenvalue weighted by molar-refractivity contribution is 0.165. The van der Waals surface area contributed by atoms with Crippen LogP contribution in [0.15, 0.2) is 18.2 Å². The summed E-state index contributed by atoms with van der Waals surface area (Å²) in [4.78, 5) is 2.53. The molecule has 2 nitrogen and oxygen atoms in total.